The molecule has 0 saturated carbocycles. The molecule has 5 heteroatoms. The fourth-order valence-electron chi connectivity index (χ4n) is 1.92. The average molecular weight is 237 g/mol. The number of oxazole rings is 1. The summed E-state index contributed by atoms with van der Waals surface area (Å²) in [6.07, 6.45) is 5.65. The van der Waals surface area contributed by atoms with Gasteiger partial charge in [-0.3, -0.25) is 4.79 Å². The maximum absolute atomic E-state index is 11.7. The minimum Gasteiger partial charge on any atom is -0.446 e. The van der Waals surface area contributed by atoms with Gasteiger partial charge < -0.3 is 15.1 Å². The van der Waals surface area contributed by atoms with Gasteiger partial charge in [0.1, 0.15) is 6.26 Å². The Hall–Kier alpha value is -1.36. The molecule has 2 N–H and O–H groups in total. The van der Waals surface area contributed by atoms with Crippen LogP contribution < -0.4 is 10.6 Å². The second-order valence-corrected chi connectivity index (χ2v) is 4.33. The Kier molecular flexibility index (Phi) is 4.14. The van der Waals surface area contributed by atoms with E-state index in [1.54, 1.807) is 0 Å². The van der Waals surface area contributed by atoms with E-state index < -0.39 is 0 Å². The van der Waals surface area contributed by atoms with Gasteiger partial charge in [0.25, 0.3) is 5.91 Å². The van der Waals surface area contributed by atoms with E-state index in [-0.39, 0.29) is 11.9 Å². The standard InChI is InChI=1S/C12H19N3O2/c1-2-3-6-14-11(16)10-8-17-12(15-10)9-5-4-7-13-9/h8-9,13H,2-7H2,1H3,(H,14,16). The maximum atomic E-state index is 11.7. The van der Waals surface area contributed by atoms with Gasteiger partial charge in [-0.05, 0) is 25.8 Å². The summed E-state index contributed by atoms with van der Waals surface area (Å²) >= 11 is 0. The molecule has 1 aromatic heterocycles. The minimum atomic E-state index is -0.147. The molecule has 1 saturated heterocycles. The topological polar surface area (TPSA) is 67.2 Å². The fraction of sp³-hybridized carbons (Fsp3) is 0.667. The zero-order valence-electron chi connectivity index (χ0n) is 10.2. The number of carbonyl (C=O) groups excluding carboxylic acids is 1. The van der Waals surface area contributed by atoms with Crippen LogP contribution in [0.3, 0.4) is 0 Å². The molecular formula is C12H19N3O2. The zero-order chi connectivity index (χ0) is 12.1. The summed E-state index contributed by atoms with van der Waals surface area (Å²) in [5.74, 6) is 0.481. The van der Waals surface area contributed by atoms with Crippen LogP contribution in [0.15, 0.2) is 10.7 Å². The van der Waals surface area contributed by atoms with Gasteiger partial charge in [-0.1, -0.05) is 13.3 Å². The zero-order valence-corrected chi connectivity index (χ0v) is 10.2. The van der Waals surface area contributed by atoms with Gasteiger partial charge in [0, 0.05) is 6.54 Å². The second-order valence-electron chi connectivity index (χ2n) is 4.33. The molecule has 1 aromatic rings. The van der Waals surface area contributed by atoms with E-state index in [4.69, 9.17) is 4.42 Å². The molecule has 0 radical (unpaired) electrons. The third-order valence-corrected chi connectivity index (χ3v) is 2.93. The maximum Gasteiger partial charge on any atom is 0.273 e. The predicted molar refractivity (Wildman–Crippen MR) is 63.7 cm³/mol. The summed E-state index contributed by atoms with van der Waals surface area (Å²) in [7, 11) is 0. The van der Waals surface area contributed by atoms with Gasteiger partial charge in [-0.15, -0.1) is 0 Å². The van der Waals surface area contributed by atoms with Crippen LogP contribution >= 0.6 is 0 Å². The molecule has 2 heterocycles. The van der Waals surface area contributed by atoms with Crippen LogP contribution in [0.25, 0.3) is 0 Å². The van der Waals surface area contributed by atoms with Crippen molar-refractivity contribution >= 4 is 5.91 Å². The third kappa shape index (κ3) is 3.06. The summed E-state index contributed by atoms with van der Waals surface area (Å²) in [6, 6.07) is 0.173. The van der Waals surface area contributed by atoms with Crippen molar-refractivity contribution in [1.29, 1.82) is 0 Å². The molecule has 17 heavy (non-hydrogen) atoms. The number of nitrogens with zero attached hydrogens (tertiary/aromatic N) is 1. The largest absolute Gasteiger partial charge is 0.446 e. The highest BCUT2D eigenvalue weighted by Crippen LogP contribution is 2.21. The van der Waals surface area contributed by atoms with E-state index in [1.807, 2.05) is 0 Å². The third-order valence-electron chi connectivity index (χ3n) is 2.93. The second kappa shape index (κ2) is 5.82. The van der Waals surface area contributed by atoms with Crippen LogP contribution in [0.1, 0.15) is 55.0 Å². The van der Waals surface area contributed by atoms with E-state index in [0.717, 1.165) is 32.2 Å². The molecule has 0 aliphatic carbocycles. The van der Waals surface area contributed by atoms with Gasteiger partial charge in [0.05, 0.1) is 6.04 Å². The molecule has 1 aliphatic rings. The molecule has 0 spiro atoms. The van der Waals surface area contributed by atoms with Crippen LogP contribution in [-0.4, -0.2) is 24.0 Å². The highest BCUT2D eigenvalue weighted by Gasteiger charge is 2.22. The van der Waals surface area contributed by atoms with Crippen molar-refractivity contribution in [3.05, 3.63) is 17.8 Å². The monoisotopic (exact) mass is 237 g/mol. The number of amides is 1. The van der Waals surface area contributed by atoms with Gasteiger partial charge in [-0.25, -0.2) is 4.98 Å². The molecular weight excluding hydrogens is 218 g/mol. The van der Waals surface area contributed by atoms with Gasteiger partial charge >= 0.3 is 0 Å². The number of nitrogens with one attached hydrogen (secondary N) is 2. The van der Waals surface area contributed by atoms with Crippen LogP contribution in [-0.2, 0) is 0 Å². The number of hydrogen-bond donors (Lipinski definition) is 2. The van der Waals surface area contributed by atoms with E-state index in [9.17, 15) is 4.79 Å². The number of rotatable bonds is 5. The molecule has 1 fully saturated rings. The Morgan fingerprint density at radius 2 is 2.59 bits per heavy atom. The van der Waals surface area contributed by atoms with E-state index in [0.29, 0.717) is 18.1 Å². The van der Waals surface area contributed by atoms with Crippen molar-refractivity contribution in [3.63, 3.8) is 0 Å². The molecule has 5 nitrogen and oxygen atoms in total. The van der Waals surface area contributed by atoms with Crippen molar-refractivity contribution in [1.82, 2.24) is 15.6 Å². The summed E-state index contributed by atoms with van der Waals surface area (Å²) in [4.78, 5) is 15.9. The molecule has 1 atom stereocenters. The number of hydrogen-bond acceptors (Lipinski definition) is 4. The van der Waals surface area contributed by atoms with Crippen molar-refractivity contribution in [2.75, 3.05) is 13.1 Å². The highest BCUT2D eigenvalue weighted by atomic mass is 16.3. The lowest BCUT2D eigenvalue weighted by atomic mass is 10.2. The summed E-state index contributed by atoms with van der Waals surface area (Å²) in [6.45, 7) is 3.77. The molecule has 94 valence electrons. The Morgan fingerprint density at radius 3 is 3.29 bits per heavy atom. The number of unbranched alkanes of at least 4 members (excludes halogenated alkanes) is 1. The molecule has 0 aromatic carbocycles. The molecule has 1 unspecified atom stereocenters. The minimum absolute atomic E-state index is 0.147. The molecule has 2 rings (SSSR count). The Balaban J connectivity index is 1.90. The van der Waals surface area contributed by atoms with Crippen molar-refractivity contribution in [2.45, 2.75) is 38.6 Å². The SMILES string of the molecule is CCCCNC(=O)c1coc(C2CCCN2)n1. The van der Waals surface area contributed by atoms with Gasteiger partial charge in [-0.2, -0.15) is 0 Å². The Labute approximate surface area is 101 Å². The quantitative estimate of drug-likeness (QED) is 0.764. The Morgan fingerprint density at radius 1 is 1.71 bits per heavy atom. The summed E-state index contributed by atoms with van der Waals surface area (Å²) in [5.41, 5.74) is 0.379. The van der Waals surface area contributed by atoms with Gasteiger partial charge in [0.15, 0.2) is 5.69 Å². The van der Waals surface area contributed by atoms with Crippen molar-refractivity contribution in [2.24, 2.45) is 0 Å². The molecule has 0 bridgehead atoms. The van der Waals surface area contributed by atoms with E-state index in [2.05, 4.69) is 22.5 Å². The van der Waals surface area contributed by atoms with Gasteiger partial charge in [0.2, 0.25) is 5.89 Å². The summed E-state index contributed by atoms with van der Waals surface area (Å²) in [5, 5.41) is 6.11. The average Bonchev–Trinajstić information content (AvgIpc) is 3.00. The fourth-order valence-corrected chi connectivity index (χ4v) is 1.92. The first-order valence-corrected chi connectivity index (χ1v) is 6.28. The number of aromatic nitrogens is 1. The van der Waals surface area contributed by atoms with Crippen LogP contribution in [0, 0.1) is 0 Å². The molecule has 1 aliphatic heterocycles. The highest BCUT2D eigenvalue weighted by molar-refractivity contribution is 5.91. The summed E-state index contributed by atoms with van der Waals surface area (Å²) < 4.78 is 5.34. The number of carbonyl (C=O) groups is 1. The van der Waals surface area contributed by atoms with Crippen LogP contribution in [0.2, 0.25) is 0 Å². The van der Waals surface area contributed by atoms with Crippen molar-refractivity contribution < 1.29 is 9.21 Å². The normalized spacial score (nSPS) is 19.5. The first kappa shape index (κ1) is 12.1. The predicted octanol–water partition coefficient (Wildman–Crippen LogP) is 1.63. The first-order chi connectivity index (χ1) is 8.31. The lowest BCUT2D eigenvalue weighted by Crippen LogP contribution is -2.24. The van der Waals surface area contributed by atoms with E-state index >= 15 is 0 Å². The van der Waals surface area contributed by atoms with Crippen LogP contribution in [0.5, 0.6) is 0 Å². The van der Waals surface area contributed by atoms with Crippen molar-refractivity contribution in [3.8, 4) is 0 Å². The first-order valence-electron chi connectivity index (χ1n) is 6.28. The lowest BCUT2D eigenvalue weighted by Gasteiger charge is -2.03. The van der Waals surface area contributed by atoms with E-state index in [1.165, 1.54) is 6.26 Å². The lowest BCUT2D eigenvalue weighted by molar-refractivity contribution is 0.0948. The van der Waals surface area contributed by atoms with Crippen LogP contribution in [0.4, 0.5) is 0 Å². The Bertz CT molecular complexity index is 370. The smallest absolute Gasteiger partial charge is 0.273 e. The molecule has 1 amide bonds.